The lowest BCUT2D eigenvalue weighted by Crippen LogP contribution is -2.31. The van der Waals surface area contributed by atoms with Crippen molar-refractivity contribution in [3.8, 4) is 11.5 Å². The Morgan fingerprint density at radius 1 is 1.06 bits per heavy atom. The van der Waals surface area contributed by atoms with Crippen molar-refractivity contribution in [1.82, 2.24) is 10.3 Å². The van der Waals surface area contributed by atoms with Gasteiger partial charge in [-0.25, -0.2) is 0 Å². The summed E-state index contributed by atoms with van der Waals surface area (Å²) in [5.41, 5.74) is 2.76. The lowest BCUT2D eigenvalue weighted by molar-refractivity contribution is 0.135. The number of hydrogen-bond donors (Lipinski definition) is 2. The van der Waals surface area contributed by atoms with Crippen LogP contribution in [-0.4, -0.2) is 23.2 Å². The molecule has 1 heterocycles. The summed E-state index contributed by atoms with van der Waals surface area (Å²) in [7, 11) is 1.58. The first-order chi connectivity index (χ1) is 14.1. The summed E-state index contributed by atoms with van der Waals surface area (Å²) in [5, 5.41) is 14.3. The maximum Gasteiger partial charge on any atom is 0.180 e. The van der Waals surface area contributed by atoms with Gasteiger partial charge in [-0.2, -0.15) is 0 Å². The predicted octanol–water partition coefficient (Wildman–Crippen LogP) is 5.38. The average Bonchev–Trinajstić information content (AvgIpc) is 2.77. The van der Waals surface area contributed by atoms with Crippen molar-refractivity contribution >= 4 is 36.4 Å². The Kier molecular flexibility index (Phi) is 11.7. The second kappa shape index (κ2) is 13.4. The highest BCUT2D eigenvalue weighted by atomic mass is 35.5. The van der Waals surface area contributed by atoms with E-state index in [9.17, 15) is 5.11 Å². The number of rotatable bonds is 9. The fourth-order valence-electron chi connectivity index (χ4n) is 2.98. The van der Waals surface area contributed by atoms with E-state index in [0.29, 0.717) is 29.7 Å². The Balaban J connectivity index is 0.00000240. The molecule has 0 saturated heterocycles. The molecule has 3 rings (SSSR count). The van der Waals surface area contributed by atoms with Crippen LogP contribution in [0.5, 0.6) is 11.5 Å². The van der Waals surface area contributed by atoms with Crippen LogP contribution in [0.4, 0.5) is 0 Å². The Morgan fingerprint density at radius 3 is 2.45 bits per heavy atom. The molecule has 168 valence electrons. The van der Waals surface area contributed by atoms with Gasteiger partial charge in [0.25, 0.3) is 0 Å². The summed E-state index contributed by atoms with van der Waals surface area (Å²) in [4.78, 5) is 4.08. The molecule has 3 aromatic rings. The van der Waals surface area contributed by atoms with E-state index in [0.717, 1.165) is 16.7 Å². The van der Waals surface area contributed by atoms with Gasteiger partial charge >= 0.3 is 0 Å². The maximum absolute atomic E-state index is 10.5. The molecule has 2 N–H and O–H groups in total. The van der Waals surface area contributed by atoms with Gasteiger partial charge in [0, 0.05) is 30.5 Å². The number of aromatic nitrogens is 1. The summed E-state index contributed by atoms with van der Waals surface area (Å²) < 4.78 is 11.3. The number of methoxy groups -OCH3 is 1. The van der Waals surface area contributed by atoms with Crippen LogP contribution in [0.2, 0.25) is 5.02 Å². The summed E-state index contributed by atoms with van der Waals surface area (Å²) in [6.45, 7) is 2.83. The van der Waals surface area contributed by atoms with Crippen molar-refractivity contribution in [2.45, 2.75) is 32.2 Å². The Hall–Kier alpha value is -2.02. The third-order valence-corrected chi connectivity index (χ3v) is 4.92. The zero-order valence-electron chi connectivity index (χ0n) is 17.3. The SMILES string of the molecule is COc1cc(CNC(C)C(O)c2ccccc2)cc(Cl)c1OCc1cccnc1.Cl.Cl. The Bertz CT molecular complexity index is 915. The van der Waals surface area contributed by atoms with Crippen molar-refractivity contribution in [3.05, 3.63) is 88.7 Å². The maximum atomic E-state index is 10.5. The van der Waals surface area contributed by atoms with Crippen molar-refractivity contribution < 1.29 is 14.6 Å². The van der Waals surface area contributed by atoms with E-state index in [1.54, 1.807) is 19.5 Å². The molecule has 0 aliphatic rings. The first-order valence-electron chi connectivity index (χ1n) is 9.43. The number of nitrogens with one attached hydrogen (secondary N) is 1. The van der Waals surface area contributed by atoms with Crippen LogP contribution < -0.4 is 14.8 Å². The van der Waals surface area contributed by atoms with Crippen molar-refractivity contribution in [1.29, 1.82) is 0 Å². The summed E-state index contributed by atoms with van der Waals surface area (Å²) in [6.07, 6.45) is 2.86. The molecule has 2 atom stereocenters. The predicted molar refractivity (Wildman–Crippen MR) is 129 cm³/mol. The molecular formula is C23H27Cl3N2O3. The van der Waals surface area contributed by atoms with E-state index in [1.807, 2.05) is 61.5 Å². The molecule has 0 radical (unpaired) electrons. The molecule has 0 fully saturated rings. The fourth-order valence-corrected chi connectivity index (χ4v) is 3.27. The van der Waals surface area contributed by atoms with Crippen LogP contribution in [0.15, 0.2) is 67.0 Å². The first-order valence-corrected chi connectivity index (χ1v) is 9.80. The van der Waals surface area contributed by atoms with Crippen molar-refractivity contribution in [2.75, 3.05) is 7.11 Å². The highest BCUT2D eigenvalue weighted by Crippen LogP contribution is 2.37. The molecule has 2 unspecified atom stereocenters. The monoisotopic (exact) mass is 484 g/mol. The van der Waals surface area contributed by atoms with Gasteiger partial charge in [-0.05, 0) is 36.2 Å². The summed E-state index contributed by atoms with van der Waals surface area (Å²) in [6, 6.07) is 17.0. The molecule has 31 heavy (non-hydrogen) atoms. The molecule has 2 aromatic carbocycles. The van der Waals surface area contributed by atoms with Crippen LogP contribution in [0, 0.1) is 0 Å². The second-order valence-electron chi connectivity index (χ2n) is 6.78. The van der Waals surface area contributed by atoms with Gasteiger partial charge in [0.15, 0.2) is 11.5 Å². The van der Waals surface area contributed by atoms with Crippen molar-refractivity contribution in [2.24, 2.45) is 0 Å². The van der Waals surface area contributed by atoms with Gasteiger partial charge in [0.05, 0.1) is 18.2 Å². The molecule has 1 aromatic heterocycles. The Labute approximate surface area is 200 Å². The lowest BCUT2D eigenvalue weighted by Gasteiger charge is -2.21. The summed E-state index contributed by atoms with van der Waals surface area (Å²) >= 11 is 6.46. The fraction of sp³-hybridized carbons (Fsp3) is 0.261. The molecular weight excluding hydrogens is 459 g/mol. The van der Waals surface area contributed by atoms with Gasteiger partial charge < -0.3 is 19.9 Å². The zero-order chi connectivity index (χ0) is 20.6. The molecule has 0 bridgehead atoms. The van der Waals surface area contributed by atoms with E-state index in [1.165, 1.54) is 0 Å². The van der Waals surface area contributed by atoms with Gasteiger partial charge in [-0.3, -0.25) is 4.98 Å². The number of hydrogen-bond acceptors (Lipinski definition) is 5. The van der Waals surface area contributed by atoms with E-state index < -0.39 is 6.10 Å². The first kappa shape index (κ1) is 27.0. The number of pyridine rings is 1. The average molecular weight is 486 g/mol. The minimum atomic E-state index is -0.601. The molecule has 5 nitrogen and oxygen atoms in total. The third kappa shape index (κ3) is 7.56. The number of halogens is 3. The number of ether oxygens (including phenoxy) is 2. The van der Waals surface area contributed by atoms with Crippen LogP contribution >= 0.6 is 36.4 Å². The van der Waals surface area contributed by atoms with Crippen molar-refractivity contribution in [3.63, 3.8) is 0 Å². The Morgan fingerprint density at radius 2 is 1.81 bits per heavy atom. The zero-order valence-corrected chi connectivity index (χ0v) is 19.7. The molecule has 0 saturated carbocycles. The lowest BCUT2D eigenvalue weighted by atomic mass is 10.0. The molecule has 8 heteroatoms. The quantitative estimate of drug-likeness (QED) is 0.426. The van der Waals surface area contributed by atoms with Gasteiger partial charge in [-0.1, -0.05) is 48.0 Å². The summed E-state index contributed by atoms with van der Waals surface area (Å²) in [5.74, 6) is 1.06. The minimum Gasteiger partial charge on any atom is -0.493 e. The molecule has 0 spiro atoms. The van der Waals surface area contributed by atoms with Gasteiger partial charge in [0.1, 0.15) is 6.61 Å². The second-order valence-corrected chi connectivity index (χ2v) is 7.19. The number of benzene rings is 2. The molecule has 0 aliphatic carbocycles. The van der Waals surface area contributed by atoms with E-state index in [-0.39, 0.29) is 30.9 Å². The van der Waals surface area contributed by atoms with Gasteiger partial charge in [0.2, 0.25) is 0 Å². The van der Waals surface area contributed by atoms with E-state index in [4.69, 9.17) is 21.1 Å². The van der Waals surface area contributed by atoms with Crippen LogP contribution in [-0.2, 0) is 13.2 Å². The minimum absolute atomic E-state index is 0. The van der Waals surface area contributed by atoms with Crippen LogP contribution in [0.3, 0.4) is 0 Å². The van der Waals surface area contributed by atoms with Crippen LogP contribution in [0.25, 0.3) is 0 Å². The smallest absolute Gasteiger partial charge is 0.180 e. The number of nitrogens with zero attached hydrogens (tertiary/aromatic N) is 1. The number of aliphatic hydroxyl groups is 1. The topological polar surface area (TPSA) is 63.6 Å². The van der Waals surface area contributed by atoms with E-state index >= 15 is 0 Å². The largest absolute Gasteiger partial charge is 0.493 e. The van der Waals surface area contributed by atoms with Gasteiger partial charge in [-0.15, -0.1) is 24.8 Å². The molecule has 0 aliphatic heterocycles. The normalized spacial score (nSPS) is 12.1. The standard InChI is InChI=1S/C23H25ClN2O3.2ClH/c1-16(22(27)19-8-4-3-5-9-19)26-14-18-11-20(24)23(21(12-18)28-2)29-15-17-7-6-10-25-13-17;;/h3-13,16,22,26-27H,14-15H2,1-2H3;2*1H. The third-order valence-electron chi connectivity index (χ3n) is 4.64. The highest BCUT2D eigenvalue weighted by Gasteiger charge is 2.17. The van der Waals surface area contributed by atoms with Crippen LogP contribution in [0.1, 0.15) is 29.7 Å². The van der Waals surface area contributed by atoms with E-state index in [2.05, 4.69) is 10.3 Å². The highest BCUT2D eigenvalue weighted by molar-refractivity contribution is 6.32. The number of aliphatic hydroxyl groups excluding tert-OH is 1. The molecule has 0 amide bonds.